The normalized spacial score (nSPS) is 7.69. The van der Waals surface area contributed by atoms with Crippen LogP contribution in [0.15, 0.2) is 42.5 Å². The molecule has 0 heterocycles. The number of hydrogen-bond acceptors (Lipinski definition) is 0. The first-order valence-corrected chi connectivity index (χ1v) is 3.32. The first kappa shape index (κ1) is 14.8. The Kier molecular flexibility index (Phi) is 7.75. The second-order valence-corrected chi connectivity index (χ2v) is 2.26. The molecule has 1 heteroatoms. The van der Waals surface area contributed by atoms with Crippen LogP contribution in [0.5, 0.6) is 0 Å². The van der Waals surface area contributed by atoms with Crippen LogP contribution in [0.3, 0.4) is 0 Å². The average molecular weight is 258 g/mol. The molecule has 0 N–H and O–H groups in total. The fourth-order valence-corrected chi connectivity index (χ4v) is 1.06. The summed E-state index contributed by atoms with van der Waals surface area (Å²) in [6.07, 6.45) is 0. The number of fused-ring (bicyclic) bond motifs is 1. The van der Waals surface area contributed by atoms with Crippen LogP contribution in [0.4, 0.5) is 0 Å². The van der Waals surface area contributed by atoms with Gasteiger partial charge in [-0.05, 0) is 0 Å². The van der Waals surface area contributed by atoms with E-state index in [-0.39, 0.29) is 34.3 Å². The van der Waals surface area contributed by atoms with Gasteiger partial charge in [0.25, 0.3) is 0 Å². The van der Waals surface area contributed by atoms with Crippen LogP contribution in [0.2, 0.25) is 0 Å². The van der Waals surface area contributed by atoms with Gasteiger partial charge in [-0.1, -0.05) is 12.1 Å². The number of hydrogen-bond donors (Lipinski definition) is 0. The largest absolute Gasteiger partial charge is 3.00 e. The monoisotopic (exact) mass is 259 g/mol. The Hall–Kier alpha value is -0.677. The summed E-state index contributed by atoms with van der Waals surface area (Å²) >= 11 is 0. The van der Waals surface area contributed by atoms with Crippen molar-refractivity contribution in [2.75, 3.05) is 0 Å². The minimum atomic E-state index is 0. The molecule has 0 amide bonds. The topological polar surface area (TPSA) is 0 Å². The van der Waals surface area contributed by atoms with Crippen molar-refractivity contribution in [3.63, 3.8) is 0 Å². The zero-order valence-electron chi connectivity index (χ0n) is 7.90. The third kappa shape index (κ3) is 3.28. The molecule has 0 saturated carbocycles. The van der Waals surface area contributed by atoms with Gasteiger partial charge in [0.05, 0.1) is 0 Å². The van der Waals surface area contributed by atoms with E-state index < -0.39 is 0 Å². The van der Waals surface area contributed by atoms with E-state index in [1.165, 1.54) is 10.8 Å². The van der Waals surface area contributed by atoms with E-state index in [0.717, 1.165) is 0 Å². The molecule has 0 aliphatic heterocycles. The van der Waals surface area contributed by atoms with Crippen molar-refractivity contribution >= 4 is 10.8 Å². The zero-order valence-corrected chi connectivity index (χ0v) is 9.63. The Morgan fingerprint density at radius 1 is 0.846 bits per heavy atom. The summed E-state index contributed by atoms with van der Waals surface area (Å²) in [6.45, 7) is 0. The molecule has 2 rings (SSSR count). The molecule has 13 heavy (non-hydrogen) atoms. The predicted molar refractivity (Wildman–Crippen MR) is 55.6 cm³/mol. The Labute approximate surface area is 93.7 Å². The quantitative estimate of drug-likeness (QED) is 0.501. The Morgan fingerprint density at radius 3 is 2.15 bits per heavy atom. The van der Waals surface area contributed by atoms with Crippen molar-refractivity contribution in [1.82, 2.24) is 0 Å². The van der Waals surface area contributed by atoms with E-state index in [1.54, 1.807) is 0 Å². The van der Waals surface area contributed by atoms with Crippen LogP contribution < -0.4 is 0 Å². The van der Waals surface area contributed by atoms with Crippen molar-refractivity contribution < 1.29 is 19.5 Å². The van der Waals surface area contributed by atoms with Crippen molar-refractivity contribution in [1.29, 1.82) is 0 Å². The van der Waals surface area contributed by atoms with Gasteiger partial charge < -0.3 is 14.9 Å². The molecule has 0 atom stereocenters. The van der Waals surface area contributed by atoms with E-state index >= 15 is 0 Å². The second-order valence-electron chi connectivity index (χ2n) is 2.26. The first-order chi connectivity index (χ1) is 4.97. The SMILES string of the molecule is [CH3-].[CH3-].[Ru+3].[c-]1cccc2ccccc12. The van der Waals surface area contributed by atoms with E-state index in [1.807, 2.05) is 24.3 Å². The molecule has 0 aromatic heterocycles. The molecule has 0 unspecified atom stereocenters. The molecule has 0 spiro atoms. The summed E-state index contributed by atoms with van der Waals surface area (Å²) in [5, 5.41) is 2.44. The van der Waals surface area contributed by atoms with Gasteiger partial charge in [-0.25, -0.2) is 0 Å². The third-order valence-corrected chi connectivity index (χ3v) is 1.57. The van der Waals surface area contributed by atoms with E-state index in [2.05, 4.69) is 24.3 Å². The third-order valence-electron chi connectivity index (χ3n) is 1.57. The summed E-state index contributed by atoms with van der Waals surface area (Å²) in [4.78, 5) is 0. The van der Waals surface area contributed by atoms with Crippen LogP contribution in [-0.4, -0.2) is 0 Å². The minimum absolute atomic E-state index is 0. The molecule has 0 fully saturated rings. The summed E-state index contributed by atoms with van der Waals surface area (Å²) in [5.41, 5.74) is 0. The van der Waals surface area contributed by atoms with Crippen LogP contribution in [0.25, 0.3) is 10.8 Å². The molecule has 1 radical (unpaired) electrons. The first-order valence-electron chi connectivity index (χ1n) is 3.32. The Balaban J connectivity index is 0. The van der Waals surface area contributed by atoms with Gasteiger partial charge in [0.1, 0.15) is 0 Å². The molecule has 2 aromatic carbocycles. The fourth-order valence-electron chi connectivity index (χ4n) is 1.06. The molecule has 0 saturated heterocycles. The van der Waals surface area contributed by atoms with Crippen molar-refractivity contribution in [2.24, 2.45) is 0 Å². The molecule has 0 aliphatic rings. The van der Waals surface area contributed by atoms with E-state index in [4.69, 9.17) is 0 Å². The summed E-state index contributed by atoms with van der Waals surface area (Å²) in [5.74, 6) is 0. The summed E-state index contributed by atoms with van der Waals surface area (Å²) in [6, 6.07) is 17.4. The summed E-state index contributed by atoms with van der Waals surface area (Å²) in [7, 11) is 0. The van der Waals surface area contributed by atoms with Crippen LogP contribution >= 0.6 is 0 Å². The predicted octanol–water partition coefficient (Wildman–Crippen LogP) is 3.54. The van der Waals surface area contributed by atoms with E-state index in [9.17, 15) is 0 Å². The molecule has 0 aliphatic carbocycles. The summed E-state index contributed by atoms with van der Waals surface area (Å²) < 4.78 is 0. The van der Waals surface area contributed by atoms with Gasteiger partial charge in [-0.15, -0.1) is 47.2 Å². The van der Waals surface area contributed by atoms with Gasteiger partial charge in [-0.3, -0.25) is 0 Å². The zero-order chi connectivity index (χ0) is 6.81. The van der Waals surface area contributed by atoms with E-state index in [0.29, 0.717) is 0 Å². The Bertz CT molecular complexity index is 276. The Morgan fingerprint density at radius 2 is 1.46 bits per heavy atom. The number of rotatable bonds is 0. The maximum atomic E-state index is 3.15. The molecule has 2 aromatic rings. The molecule has 69 valence electrons. The van der Waals surface area contributed by atoms with Crippen LogP contribution in [0, 0.1) is 20.9 Å². The van der Waals surface area contributed by atoms with Gasteiger partial charge in [0.15, 0.2) is 0 Å². The fraction of sp³-hybridized carbons (Fsp3) is 0. The van der Waals surface area contributed by atoms with Crippen LogP contribution in [0.1, 0.15) is 0 Å². The number of benzene rings is 2. The van der Waals surface area contributed by atoms with Crippen molar-refractivity contribution in [3.05, 3.63) is 63.4 Å². The van der Waals surface area contributed by atoms with Crippen molar-refractivity contribution in [3.8, 4) is 0 Å². The smallest absolute Gasteiger partial charge is 0.358 e. The standard InChI is InChI=1S/C10H7.2CH3.Ru/c1-2-6-10-8-4-3-7-9(10)5-1;;;/h1-7H;2*1H3;/q3*-1;+3. The van der Waals surface area contributed by atoms with Gasteiger partial charge in [-0.2, -0.15) is 0 Å². The maximum Gasteiger partial charge on any atom is 3.00 e. The van der Waals surface area contributed by atoms with Gasteiger partial charge in [0.2, 0.25) is 0 Å². The average Bonchev–Trinajstić information content (AvgIpc) is 2.05. The molecular formula is C12H13Ru. The van der Waals surface area contributed by atoms with Gasteiger partial charge in [0, 0.05) is 0 Å². The van der Waals surface area contributed by atoms with Crippen LogP contribution in [-0.2, 0) is 19.5 Å². The second kappa shape index (κ2) is 6.80. The molecule has 0 nitrogen and oxygen atoms in total. The van der Waals surface area contributed by atoms with Crippen molar-refractivity contribution in [2.45, 2.75) is 0 Å². The molecule has 0 bridgehead atoms. The maximum absolute atomic E-state index is 3.15. The molecular weight excluding hydrogens is 245 g/mol. The minimum Gasteiger partial charge on any atom is -0.358 e. The van der Waals surface area contributed by atoms with Gasteiger partial charge >= 0.3 is 19.5 Å².